The maximum Gasteiger partial charge on any atom is 0.295 e. The second kappa shape index (κ2) is 16.3. The summed E-state index contributed by atoms with van der Waals surface area (Å²) >= 11 is 0. The standard InChI is InChI=1S/C37H29N9O12S4/c1-20-13-22(9-11-30(20)45-43-24-15-28-26(34(17-24)61(53,54)55)5-3-7-32(28)59(47,48)49)40-36-38-19-39-37(42-36)41-23-10-12-31(21(2)14-23)46-44-25-16-29-27(35(18-25)62(56,57)58)6-4-8-33(29)60(50,51)52/h3-19H,1-2H3,(H,47,48,49)(H,50,51,52)(H,53,54,55)(H,56,57,58)(H2,38,39,40,41,42). The van der Waals surface area contributed by atoms with Gasteiger partial charge in [0, 0.05) is 32.9 Å². The van der Waals surface area contributed by atoms with Crippen LogP contribution in [0.5, 0.6) is 0 Å². The van der Waals surface area contributed by atoms with Gasteiger partial charge in [-0.05, 0) is 97.8 Å². The SMILES string of the molecule is Cc1cc(Nc2ncnc(Nc3ccc(N=Nc4cc(S(=O)(=O)O)c5cccc(S(=O)(=O)O)c5c4)c(C)c3)n2)ccc1N=Nc1cc(S(=O)(=O)O)c2cccc(S(=O)(=O)O)c2c1. The van der Waals surface area contributed by atoms with Gasteiger partial charge in [0.2, 0.25) is 11.9 Å². The van der Waals surface area contributed by atoms with Crippen molar-refractivity contribution in [1.82, 2.24) is 15.0 Å². The number of hydrogen-bond acceptors (Lipinski definition) is 17. The molecule has 0 spiro atoms. The molecule has 318 valence electrons. The van der Waals surface area contributed by atoms with Crippen LogP contribution in [0.2, 0.25) is 0 Å². The summed E-state index contributed by atoms with van der Waals surface area (Å²) in [6.45, 7) is 3.42. The molecule has 6 N–H and O–H groups in total. The summed E-state index contributed by atoms with van der Waals surface area (Å²) in [6.07, 6.45) is 1.26. The van der Waals surface area contributed by atoms with Crippen LogP contribution < -0.4 is 10.6 Å². The Hall–Kier alpha value is -6.71. The second-order valence-electron chi connectivity index (χ2n) is 13.3. The summed E-state index contributed by atoms with van der Waals surface area (Å²) in [5.41, 5.74) is 2.69. The molecule has 7 rings (SSSR count). The van der Waals surface area contributed by atoms with Crippen molar-refractivity contribution in [2.45, 2.75) is 33.4 Å². The number of rotatable bonds is 12. The molecule has 7 aromatic rings. The third-order valence-corrected chi connectivity index (χ3v) is 12.6. The van der Waals surface area contributed by atoms with Crippen molar-refractivity contribution in [3.05, 3.63) is 115 Å². The van der Waals surface area contributed by atoms with Crippen LogP contribution >= 0.6 is 0 Å². The largest absolute Gasteiger partial charge is 0.324 e. The maximum absolute atomic E-state index is 12.2. The zero-order valence-corrected chi connectivity index (χ0v) is 34.9. The van der Waals surface area contributed by atoms with Crippen LogP contribution in [0.15, 0.2) is 143 Å². The highest BCUT2D eigenvalue weighted by Crippen LogP contribution is 2.36. The normalized spacial score (nSPS) is 12.7. The summed E-state index contributed by atoms with van der Waals surface area (Å²) in [5, 5.41) is 21.9. The van der Waals surface area contributed by atoms with E-state index in [1.807, 2.05) is 0 Å². The molecule has 62 heavy (non-hydrogen) atoms. The smallest absolute Gasteiger partial charge is 0.295 e. The Balaban J connectivity index is 1.07. The predicted molar refractivity (Wildman–Crippen MR) is 224 cm³/mol. The van der Waals surface area contributed by atoms with E-state index in [2.05, 4.69) is 46.0 Å². The highest BCUT2D eigenvalue weighted by atomic mass is 32.2. The van der Waals surface area contributed by atoms with Crippen LogP contribution in [-0.2, 0) is 40.5 Å². The molecular weight excluding hydrogens is 891 g/mol. The first-order valence-electron chi connectivity index (χ1n) is 17.4. The fourth-order valence-electron chi connectivity index (χ4n) is 6.20. The van der Waals surface area contributed by atoms with Gasteiger partial charge in [0.1, 0.15) is 25.9 Å². The number of nitrogens with one attached hydrogen (secondary N) is 2. The Morgan fingerprint density at radius 2 is 0.839 bits per heavy atom. The van der Waals surface area contributed by atoms with Crippen molar-refractivity contribution >= 4 is 108 Å². The molecule has 6 aromatic carbocycles. The average molecular weight is 920 g/mol. The molecule has 0 aliphatic heterocycles. The average Bonchev–Trinajstić information content (AvgIpc) is 3.18. The Morgan fingerprint density at radius 1 is 0.452 bits per heavy atom. The Morgan fingerprint density at radius 3 is 1.19 bits per heavy atom. The van der Waals surface area contributed by atoms with Crippen molar-refractivity contribution in [3.63, 3.8) is 0 Å². The van der Waals surface area contributed by atoms with E-state index in [4.69, 9.17) is 0 Å². The number of hydrogen-bond donors (Lipinski definition) is 6. The lowest BCUT2D eigenvalue weighted by Gasteiger charge is -2.10. The molecule has 0 aliphatic rings. The molecule has 0 radical (unpaired) electrons. The lowest BCUT2D eigenvalue weighted by Crippen LogP contribution is -2.03. The predicted octanol–water partition coefficient (Wildman–Crippen LogP) is 8.10. The first-order valence-corrected chi connectivity index (χ1v) is 23.1. The van der Waals surface area contributed by atoms with Crippen LogP contribution in [0, 0.1) is 13.8 Å². The highest BCUT2D eigenvalue weighted by molar-refractivity contribution is 7.87. The Bertz CT molecular complexity index is 3290. The van der Waals surface area contributed by atoms with E-state index in [1.54, 1.807) is 50.2 Å². The minimum absolute atomic E-state index is 0.126. The zero-order chi connectivity index (χ0) is 44.8. The van der Waals surface area contributed by atoms with E-state index >= 15 is 0 Å². The van der Waals surface area contributed by atoms with Gasteiger partial charge in [-0.15, -0.1) is 0 Å². The molecule has 0 bridgehead atoms. The number of nitrogens with zero attached hydrogens (tertiary/aromatic N) is 7. The van der Waals surface area contributed by atoms with Gasteiger partial charge in [0.25, 0.3) is 40.5 Å². The van der Waals surface area contributed by atoms with E-state index in [1.165, 1.54) is 42.7 Å². The summed E-state index contributed by atoms with van der Waals surface area (Å²) in [5.74, 6) is 0.303. The number of benzene rings is 6. The first-order chi connectivity index (χ1) is 29.0. The number of aryl methyl sites for hydroxylation is 2. The molecule has 25 heteroatoms. The van der Waals surface area contributed by atoms with Gasteiger partial charge in [-0.25, -0.2) is 9.97 Å². The van der Waals surface area contributed by atoms with Gasteiger partial charge in [0.05, 0.1) is 22.7 Å². The van der Waals surface area contributed by atoms with E-state index in [-0.39, 0.29) is 44.8 Å². The summed E-state index contributed by atoms with van der Waals surface area (Å²) in [7, 11) is -19.2. The van der Waals surface area contributed by atoms with Crippen LogP contribution in [0.25, 0.3) is 21.5 Å². The molecule has 0 aliphatic carbocycles. The molecule has 0 atom stereocenters. The number of azo groups is 2. The molecular formula is C37H29N9O12S4. The summed E-state index contributed by atoms with van der Waals surface area (Å²) in [4.78, 5) is 10.3. The number of aromatic nitrogens is 3. The van der Waals surface area contributed by atoms with Gasteiger partial charge in [-0.2, -0.15) is 59.1 Å². The maximum atomic E-state index is 12.2. The van der Waals surface area contributed by atoms with E-state index in [9.17, 15) is 51.9 Å². The highest BCUT2D eigenvalue weighted by Gasteiger charge is 2.23. The fraction of sp³-hybridized carbons (Fsp3) is 0.0541. The van der Waals surface area contributed by atoms with Crippen LogP contribution in [0.4, 0.5) is 46.0 Å². The van der Waals surface area contributed by atoms with Gasteiger partial charge >= 0.3 is 0 Å². The third-order valence-electron chi connectivity index (χ3n) is 8.94. The van der Waals surface area contributed by atoms with Crippen molar-refractivity contribution in [2.24, 2.45) is 20.5 Å². The van der Waals surface area contributed by atoms with E-state index in [0.717, 1.165) is 24.3 Å². The zero-order valence-electron chi connectivity index (χ0n) is 31.6. The molecule has 0 saturated heterocycles. The fourth-order valence-corrected chi connectivity index (χ4v) is 9.05. The minimum atomic E-state index is -4.84. The molecule has 0 unspecified atom stereocenters. The quantitative estimate of drug-likeness (QED) is 0.0498. The van der Waals surface area contributed by atoms with Gasteiger partial charge in [-0.3, -0.25) is 18.2 Å². The van der Waals surface area contributed by atoms with Crippen LogP contribution in [-0.4, -0.2) is 66.8 Å². The van der Waals surface area contributed by atoms with Crippen molar-refractivity contribution in [1.29, 1.82) is 0 Å². The molecule has 0 amide bonds. The molecule has 21 nitrogen and oxygen atoms in total. The van der Waals surface area contributed by atoms with Gasteiger partial charge < -0.3 is 10.6 Å². The number of anilines is 4. The van der Waals surface area contributed by atoms with Crippen molar-refractivity contribution in [2.75, 3.05) is 10.6 Å². The molecule has 1 aromatic heterocycles. The lowest BCUT2D eigenvalue weighted by atomic mass is 10.1. The first kappa shape index (κ1) is 43.4. The second-order valence-corrected chi connectivity index (χ2v) is 18.8. The van der Waals surface area contributed by atoms with Gasteiger partial charge in [-0.1, -0.05) is 24.3 Å². The number of fused-ring (bicyclic) bond motifs is 2. The molecule has 0 saturated carbocycles. The topological polar surface area (TPSA) is 330 Å². The lowest BCUT2D eigenvalue weighted by molar-refractivity contribution is 0.481. The molecule has 1 heterocycles. The van der Waals surface area contributed by atoms with E-state index < -0.39 is 60.1 Å². The van der Waals surface area contributed by atoms with Crippen molar-refractivity contribution < 1.29 is 51.9 Å². The Labute approximate surface area is 352 Å². The summed E-state index contributed by atoms with van der Waals surface area (Å²) < 4.78 is 136. The van der Waals surface area contributed by atoms with Crippen LogP contribution in [0.3, 0.4) is 0 Å². The third kappa shape index (κ3) is 9.59. The van der Waals surface area contributed by atoms with Crippen LogP contribution in [0.1, 0.15) is 11.1 Å². The minimum Gasteiger partial charge on any atom is -0.324 e. The monoisotopic (exact) mass is 919 g/mol. The van der Waals surface area contributed by atoms with Crippen molar-refractivity contribution in [3.8, 4) is 0 Å². The van der Waals surface area contributed by atoms with E-state index in [0.29, 0.717) is 33.9 Å². The summed E-state index contributed by atoms with van der Waals surface area (Å²) in [6, 6.07) is 21.4. The Kier molecular flexibility index (Phi) is 11.4. The van der Waals surface area contributed by atoms with Gasteiger partial charge in [0.15, 0.2) is 0 Å². The molecule has 0 fully saturated rings.